The topological polar surface area (TPSA) is 134 Å². The SMILES string of the molecule is CCNc1ncc2c(n1)N(C)CCN(c1cccc(-n3cc(CNCCOCCO)nn3)c1)C2=O. The molecule has 0 radical (unpaired) electrons. The number of amides is 1. The van der Waals surface area contributed by atoms with Crippen LogP contribution in [0.15, 0.2) is 36.7 Å². The molecule has 3 heterocycles. The summed E-state index contributed by atoms with van der Waals surface area (Å²) in [5.74, 6) is 0.988. The highest BCUT2D eigenvalue weighted by Crippen LogP contribution is 2.27. The summed E-state index contributed by atoms with van der Waals surface area (Å²) in [6.07, 6.45) is 3.44. The van der Waals surface area contributed by atoms with Gasteiger partial charge in [-0.05, 0) is 25.1 Å². The Morgan fingerprint density at radius 1 is 1.20 bits per heavy atom. The quantitative estimate of drug-likeness (QED) is 0.336. The summed E-state index contributed by atoms with van der Waals surface area (Å²) < 4.78 is 6.92. The van der Waals surface area contributed by atoms with Gasteiger partial charge >= 0.3 is 0 Å². The van der Waals surface area contributed by atoms with E-state index in [1.807, 2.05) is 49.3 Å². The fourth-order valence-corrected chi connectivity index (χ4v) is 3.74. The second-order valence-corrected chi connectivity index (χ2v) is 8.03. The number of anilines is 3. The first-order valence-corrected chi connectivity index (χ1v) is 11.7. The molecule has 0 aliphatic carbocycles. The molecule has 0 atom stereocenters. The number of aliphatic hydroxyl groups excluding tert-OH is 1. The fourth-order valence-electron chi connectivity index (χ4n) is 3.74. The van der Waals surface area contributed by atoms with Gasteiger partial charge in [0, 0.05) is 51.7 Å². The molecule has 35 heavy (non-hydrogen) atoms. The van der Waals surface area contributed by atoms with E-state index in [4.69, 9.17) is 9.84 Å². The number of aliphatic hydroxyl groups is 1. The molecular formula is C23H31N9O3. The van der Waals surface area contributed by atoms with Crippen LogP contribution < -0.4 is 20.4 Å². The van der Waals surface area contributed by atoms with Crippen LogP contribution in [-0.4, -0.2) is 89.0 Å². The Bertz CT molecular complexity index is 1140. The predicted molar refractivity (Wildman–Crippen MR) is 132 cm³/mol. The number of fused-ring (bicyclic) bond motifs is 1. The van der Waals surface area contributed by atoms with Gasteiger partial charge in [-0.15, -0.1) is 5.10 Å². The minimum Gasteiger partial charge on any atom is -0.394 e. The molecule has 0 saturated carbocycles. The number of likely N-dealkylation sites (N-methyl/N-ethyl adjacent to an activating group) is 1. The number of hydrogen-bond donors (Lipinski definition) is 3. The maximum absolute atomic E-state index is 13.4. The molecule has 1 aromatic carbocycles. The van der Waals surface area contributed by atoms with E-state index < -0.39 is 0 Å². The molecule has 1 amide bonds. The molecule has 1 aliphatic heterocycles. The van der Waals surface area contributed by atoms with Crippen LogP contribution in [0.25, 0.3) is 5.69 Å². The van der Waals surface area contributed by atoms with E-state index in [1.54, 1.807) is 15.8 Å². The monoisotopic (exact) mass is 481 g/mol. The van der Waals surface area contributed by atoms with E-state index in [0.29, 0.717) is 63.3 Å². The van der Waals surface area contributed by atoms with Crippen LogP contribution in [0.3, 0.4) is 0 Å². The van der Waals surface area contributed by atoms with Gasteiger partial charge in [-0.25, -0.2) is 9.67 Å². The second kappa shape index (κ2) is 11.7. The van der Waals surface area contributed by atoms with Crippen molar-refractivity contribution in [2.24, 2.45) is 0 Å². The van der Waals surface area contributed by atoms with Crippen LogP contribution in [0.5, 0.6) is 0 Å². The minimum atomic E-state index is -0.142. The van der Waals surface area contributed by atoms with Crippen LogP contribution in [-0.2, 0) is 11.3 Å². The molecule has 0 unspecified atom stereocenters. The first-order chi connectivity index (χ1) is 17.1. The van der Waals surface area contributed by atoms with Gasteiger partial charge < -0.3 is 30.3 Å². The van der Waals surface area contributed by atoms with Crippen molar-refractivity contribution in [2.75, 3.05) is 68.2 Å². The Kier molecular flexibility index (Phi) is 8.19. The third kappa shape index (κ3) is 5.91. The lowest BCUT2D eigenvalue weighted by molar-refractivity contribution is 0.0937. The van der Waals surface area contributed by atoms with Crippen LogP contribution in [0.4, 0.5) is 17.5 Å². The lowest BCUT2D eigenvalue weighted by Gasteiger charge is -2.21. The summed E-state index contributed by atoms with van der Waals surface area (Å²) >= 11 is 0. The third-order valence-electron chi connectivity index (χ3n) is 5.51. The zero-order valence-corrected chi connectivity index (χ0v) is 20.0. The maximum Gasteiger partial charge on any atom is 0.263 e. The molecule has 2 aromatic heterocycles. The standard InChI is InChI=1S/C23H31N9O3/c1-3-25-23-26-15-20-21(27-23)30(2)8-9-31(22(20)34)18-5-4-6-19(13-18)32-16-17(28-29-32)14-24-7-11-35-12-10-33/h4-6,13,15-16,24,33H,3,7-12,14H2,1-2H3,(H,25,26,27). The molecule has 0 bridgehead atoms. The average Bonchev–Trinajstić information content (AvgIpc) is 3.31. The Hall–Kier alpha value is -3.61. The molecule has 3 aromatic rings. The van der Waals surface area contributed by atoms with Crippen LogP contribution in [0.1, 0.15) is 23.0 Å². The molecule has 12 nitrogen and oxygen atoms in total. The second-order valence-electron chi connectivity index (χ2n) is 8.03. The van der Waals surface area contributed by atoms with Crippen molar-refractivity contribution in [3.63, 3.8) is 0 Å². The van der Waals surface area contributed by atoms with Gasteiger partial charge in [0.15, 0.2) is 0 Å². The summed E-state index contributed by atoms with van der Waals surface area (Å²) in [7, 11) is 1.93. The van der Waals surface area contributed by atoms with Gasteiger partial charge in [0.1, 0.15) is 11.4 Å². The van der Waals surface area contributed by atoms with Crippen LogP contribution in [0, 0.1) is 0 Å². The highest BCUT2D eigenvalue weighted by Gasteiger charge is 2.28. The first-order valence-electron chi connectivity index (χ1n) is 11.7. The Balaban J connectivity index is 1.48. The summed E-state index contributed by atoms with van der Waals surface area (Å²) in [5, 5.41) is 23.5. The molecule has 0 fully saturated rings. The van der Waals surface area contributed by atoms with E-state index in [-0.39, 0.29) is 12.5 Å². The summed E-state index contributed by atoms with van der Waals surface area (Å²) in [5.41, 5.74) is 2.82. The molecule has 0 saturated heterocycles. The Labute approximate surface area is 203 Å². The fraction of sp³-hybridized carbons (Fsp3) is 0.435. The number of aromatic nitrogens is 5. The van der Waals surface area contributed by atoms with Crippen molar-refractivity contribution in [1.29, 1.82) is 0 Å². The number of rotatable bonds is 11. The number of ether oxygens (including phenoxy) is 1. The van der Waals surface area contributed by atoms with Crippen LogP contribution in [0.2, 0.25) is 0 Å². The number of hydrogen-bond acceptors (Lipinski definition) is 10. The third-order valence-corrected chi connectivity index (χ3v) is 5.51. The number of nitrogens with zero attached hydrogens (tertiary/aromatic N) is 7. The molecule has 0 spiro atoms. The van der Waals surface area contributed by atoms with Crippen molar-refractivity contribution in [2.45, 2.75) is 13.5 Å². The largest absolute Gasteiger partial charge is 0.394 e. The van der Waals surface area contributed by atoms with E-state index in [1.165, 1.54) is 0 Å². The Morgan fingerprint density at radius 2 is 2.06 bits per heavy atom. The lowest BCUT2D eigenvalue weighted by atomic mass is 10.2. The average molecular weight is 482 g/mol. The van der Waals surface area contributed by atoms with Gasteiger partial charge in [0.25, 0.3) is 5.91 Å². The number of carbonyl (C=O) groups excluding carboxylic acids is 1. The van der Waals surface area contributed by atoms with Gasteiger partial charge in [0.05, 0.1) is 37.4 Å². The van der Waals surface area contributed by atoms with Crippen molar-refractivity contribution in [1.82, 2.24) is 30.3 Å². The molecule has 1 aliphatic rings. The van der Waals surface area contributed by atoms with Crippen molar-refractivity contribution < 1.29 is 14.6 Å². The molecule has 12 heteroatoms. The summed E-state index contributed by atoms with van der Waals surface area (Å²) in [6, 6.07) is 7.65. The summed E-state index contributed by atoms with van der Waals surface area (Å²) in [4.78, 5) is 26.0. The van der Waals surface area contributed by atoms with Gasteiger partial charge in [-0.1, -0.05) is 11.3 Å². The Morgan fingerprint density at radius 3 is 2.89 bits per heavy atom. The minimum absolute atomic E-state index is 0.0186. The van der Waals surface area contributed by atoms with Crippen molar-refractivity contribution in [3.8, 4) is 5.69 Å². The van der Waals surface area contributed by atoms with Gasteiger partial charge in [-0.3, -0.25) is 4.79 Å². The number of carbonyl (C=O) groups is 1. The zero-order valence-electron chi connectivity index (χ0n) is 20.0. The van der Waals surface area contributed by atoms with Crippen molar-refractivity contribution in [3.05, 3.63) is 47.9 Å². The van der Waals surface area contributed by atoms with E-state index >= 15 is 0 Å². The molecular weight excluding hydrogens is 450 g/mol. The van der Waals surface area contributed by atoms with E-state index in [9.17, 15) is 4.79 Å². The highest BCUT2D eigenvalue weighted by molar-refractivity contribution is 6.09. The first kappa shape index (κ1) is 24.5. The van der Waals surface area contributed by atoms with Gasteiger partial charge in [-0.2, -0.15) is 4.98 Å². The van der Waals surface area contributed by atoms with E-state index in [0.717, 1.165) is 17.1 Å². The normalized spacial score (nSPS) is 13.6. The highest BCUT2D eigenvalue weighted by atomic mass is 16.5. The summed E-state index contributed by atoms with van der Waals surface area (Å²) in [6.45, 7) is 5.88. The molecule has 186 valence electrons. The lowest BCUT2D eigenvalue weighted by Crippen LogP contribution is -2.33. The molecule has 4 rings (SSSR count). The molecule has 3 N–H and O–H groups in total. The van der Waals surface area contributed by atoms with E-state index in [2.05, 4.69) is 30.9 Å². The number of benzene rings is 1. The van der Waals surface area contributed by atoms with Gasteiger partial charge in [0.2, 0.25) is 5.95 Å². The number of nitrogens with one attached hydrogen (secondary N) is 2. The zero-order chi connectivity index (χ0) is 24.6. The smallest absolute Gasteiger partial charge is 0.263 e. The maximum atomic E-state index is 13.4. The van der Waals surface area contributed by atoms with Crippen LogP contribution >= 0.6 is 0 Å². The predicted octanol–water partition coefficient (Wildman–Crippen LogP) is 0.684. The van der Waals surface area contributed by atoms with Crippen molar-refractivity contribution >= 4 is 23.4 Å².